The monoisotopic (exact) mass is 505 g/mol. The molecule has 0 spiro atoms. The summed E-state index contributed by atoms with van der Waals surface area (Å²) in [6.45, 7) is 3.49. The highest BCUT2D eigenvalue weighted by molar-refractivity contribution is 9.10. The van der Waals surface area contributed by atoms with Gasteiger partial charge in [0.2, 0.25) is 0 Å². The summed E-state index contributed by atoms with van der Waals surface area (Å²) in [6.07, 6.45) is 2.95. The molecule has 9 heteroatoms. The average molecular weight is 507 g/mol. The zero-order valence-corrected chi connectivity index (χ0v) is 19.4. The van der Waals surface area contributed by atoms with Gasteiger partial charge in [-0.05, 0) is 55.3 Å². The summed E-state index contributed by atoms with van der Waals surface area (Å²) in [5, 5.41) is 14.1. The topological polar surface area (TPSA) is 93.8 Å². The van der Waals surface area contributed by atoms with Gasteiger partial charge < -0.3 is 9.84 Å². The van der Waals surface area contributed by atoms with Gasteiger partial charge in [0.15, 0.2) is 6.10 Å². The summed E-state index contributed by atoms with van der Waals surface area (Å²) in [5.74, 6) is -0.248. The second kappa shape index (κ2) is 10.1. The van der Waals surface area contributed by atoms with Crippen LogP contribution in [0.2, 0.25) is 5.02 Å². The highest BCUT2D eigenvalue weighted by atomic mass is 79.9. The molecular formula is C22H21BrClN3O4. The lowest BCUT2D eigenvalue weighted by molar-refractivity contribution is -0.144. The molecule has 0 unspecified atom stereocenters. The number of nitrogens with zero attached hydrogens (tertiary/aromatic N) is 3. The molecule has 0 saturated heterocycles. The van der Waals surface area contributed by atoms with Crippen molar-refractivity contribution in [3.63, 3.8) is 0 Å². The number of carbonyl (C=O) groups is 1. The third kappa shape index (κ3) is 5.51. The van der Waals surface area contributed by atoms with E-state index < -0.39 is 12.1 Å². The molecule has 1 atom stereocenters. The van der Waals surface area contributed by atoms with Crippen molar-refractivity contribution in [2.24, 2.45) is 5.10 Å². The number of benzene rings is 2. The van der Waals surface area contributed by atoms with Crippen LogP contribution in [-0.4, -0.2) is 33.1 Å². The molecule has 0 aliphatic rings. The summed E-state index contributed by atoms with van der Waals surface area (Å²) in [4.78, 5) is 28.7. The number of aliphatic carboxylic acids is 1. The van der Waals surface area contributed by atoms with Crippen molar-refractivity contribution in [3.8, 4) is 5.75 Å². The van der Waals surface area contributed by atoms with Crippen LogP contribution in [0.25, 0.3) is 10.9 Å². The number of halogens is 2. The van der Waals surface area contributed by atoms with E-state index in [0.29, 0.717) is 28.7 Å². The van der Waals surface area contributed by atoms with Gasteiger partial charge in [-0.2, -0.15) is 9.78 Å². The number of aromatic nitrogens is 2. The minimum absolute atomic E-state index is 0.246. The van der Waals surface area contributed by atoms with Crippen molar-refractivity contribution in [2.75, 3.05) is 0 Å². The second-order valence-electron chi connectivity index (χ2n) is 6.94. The maximum Gasteiger partial charge on any atom is 0.344 e. The highest BCUT2D eigenvalue weighted by Crippen LogP contribution is 2.26. The van der Waals surface area contributed by atoms with Crippen molar-refractivity contribution in [1.82, 2.24) is 9.66 Å². The van der Waals surface area contributed by atoms with Crippen LogP contribution in [-0.2, 0) is 11.2 Å². The molecule has 0 saturated carbocycles. The van der Waals surface area contributed by atoms with E-state index in [2.05, 4.69) is 32.9 Å². The summed E-state index contributed by atoms with van der Waals surface area (Å²) in [6, 6.07) is 10.2. The molecule has 0 aliphatic carbocycles. The number of hydrogen-bond donors (Lipinski definition) is 1. The summed E-state index contributed by atoms with van der Waals surface area (Å²) in [7, 11) is 0. The Morgan fingerprint density at radius 3 is 2.81 bits per heavy atom. The van der Waals surface area contributed by atoms with E-state index in [1.165, 1.54) is 17.8 Å². The Morgan fingerprint density at radius 1 is 1.35 bits per heavy atom. The molecule has 1 aromatic heterocycles. The predicted molar refractivity (Wildman–Crippen MR) is 124 cm³/mol. The van der Waals surface area contributed by atoms with Crippen LogP contribution in [0.5, 0.6) is 5.75 Å². The first-order valence-electron chi connectivity index (χ1n) is 9.74. The molecule has 31 heavy (non-hydrogen) atoms. The number of carboxylic acid groups (broad SMARTS) is 1. The maximum absolute atomic E-state index is 13.1. The van der Waals surface area contributed by atoms with Crippen molar-refractivity contribution in [1.29, 1.82) is 0 Å². The molecule has 3 rings (SSSR count). The molecule has 3 aromatic rings. The molecule has 1 N–H and O–H groups in total. The number of fused-ring (bicyclic) bond motifs is 1. The largest absolute Gasteiger partial charge is 0.479 e. The smallest absolute Gasteiger partial charge is 0.344 e. The number of rotatable bonds is 8. The standard InChI is InChI=1S/C22H21BrClN3O4/c1-3-4-5-20-26-18-8-7-15(23)11-16(18)21(28)27(20)25-12-14-6-9-19(17(24)10-14)31-13(2)22(29)30/h6-13H,3-5H2,1-2H3,(H,29,30)/t13-/m1/s1. The van der Waals surface area contributed by atoms with Crippen LogP contribution < -0.4 is 10.3 Å². The molecular weight excluding hydrogens is 486 g/mol. The van der Waals surface area contributed by atoms with E-state index in [1.54, 1.807) is 30.3 Å². The van der Waals surface area contributed by atoms with Crippen molar-refractivity contribution in [3.05, 3.63) is 67.6 Å². The van der Waals surface area contributed by atoms with Crippen LogP contribution >= 0.6 is 27.5 Å². The fourth-order valence-corrected chi connectivity index (χ4v) is 3.46. The van der Waals surface area contributed by atoms with Crippen molar-refractivity contribution in [2.45, 2.75) is 39.2 Å². The summed E-state index contributed by atoms with van der Waals surface area (Å²) >= 11 is 9.61. The van der Waals surface area contributed by atoms with Gasteiger partial charge in [0.1, 0.15) is 11.6 Å². The van der Waals surface area contributed by atoms with E-state index in [1.807, 2.05) is 6.07 Å². The Bertz CT molecular complexity index is 1210. The zero-order valence-electron chi connectivity index (χ0n) is 17.0. The third-order valence-corrected chi connectivity index (χ3v) is 5.35. The molecule has 162 valence electrons. The van der Waals surface area contributed by atoms with Gasteiger partial charge in [0.25, 0.3) is 5.56 Å². The lowest BCUT2D eigenvalue weighted by atomic mass is 10.2. The van der Waals surface area contributed by atoms with Crippen LogP contribution in [0.4, 0.5) is 0 Å². The van der Waals surface area contributed by atoms with Crippen molar-refractivity contribution < 1.29 is 14.6 Å². The van der Waals surface area contributed by atoms with Crippen LogP contribution in [0.15, 0.2) is 50.8 Å². The number of ether oxygens (including phenoxy) is 1. The van der Waals surface area contributed by atoms with E-state index in [9.17, 15) is 9.59 Å². The number of unbranched alkanes of at least 4 members (excludes halogenated alkanes) is 1. The van der Waals surface area contributed by atoms with Gasteiger partial charge >= 0.3 is 5.97 Å². The number of aryl methyl sites for hydroxylation is 1. The molecule has 2 aromatic carbocycles. The minimum Gasteiger partial charge on any atom is -0.479 e. The van der Waals surface area contributed by atoms with Gasteiger partial charge in [-0.25, -0.2) is 9.78 Å². The Kier molecular flexibility index (Phi) is 7.46. The summed E-state index contributed by atoms with van der Waals surface area (Å²) < 4.78 is 7.42. The zero-order chi connectivity index (χ0) is 22.5. The first-order chi connectivity index (χ1) is 14.8. The molecule has 0 amide bonds. The first kappa shape index (κ1) is 23.0. The maximum atomic E-state index is 13.1. The molecule has 0 fully saturated rings. The number of carboxylic acids is 1. The Hall–Kier alpha value is -2.71. The Labute approximate surface area is 192 Å². The van der Waals surface area contributed by atoms with Gasteiger partial charge in [-0.3, -0.25) is 4.79 Å². The highest BCUT2D eigenvalue weighted by Gasteiger charge is 2.15. The normalized spacial score (nSPS) is 12.4. The fourth-order valence-electron chi connectivity index (χ4n) is 2.87. The van der Waals surface area contributed by atoms with Gasteiger partial charge in [0.05, 0.1) is 22.1 Å². The van der Waals surface area contributed by atoms with Gasteiger partial charge in [0, 0.05) is 10.9 Å². The second-order valence-corrected chi connectivity index (χ2v) is 8.27. The minimum atomic E-state index is -1.09. The third-order valence-electron chi connectivity index (χ3n) is 4.56. The molecule has 0 aliphatic heterocycles. The van der Waals surface area contributed by atoms with E-state index >= 15 is 0 Å². The predicted octanol–water partition coefficient (Wildman–Crippen LogP) is 4.89. The average Bonchev–Trinajstić information content (AvgIpc) is 2.73. The van der Waals surface area contributed by atoms with Gasteiger partial charge in [-0.1, -0.05) is 40.9 Å². The SMILES string of the molecule is CCCCc1nc2ccc(Br)cc2c(=O)n1N=Cc1ccc(O[C@H](C)C(=O)O)c(Cl)c1. The Morgan fingerprint density at radius 2 is 2.13 bits per heavy atom. The first-order valence-corrected chi connectivity index (χ1v) is 10.9. The molecule has 0 bridgehead atoms. The fraction of sp³-hybridized carbons (Fsp3) is 0.273. The summed E-state index contributed by atoms with van der Waals surface area (Å²) in [5.41, 5.74) is 1.00. The van der Waals surface area contributed by atoms with Crippen molar-refractivity contribution >= 4 is 50.6 Å². The van der Waals surface area contributed by atoms with E-state index in [4.69, 9.17) is 21.4 Å². The molecule has 0 radical (unpaired) electrons. The quantitative estimate of drug-likeness (QED) is 0.439. The van der Waals surface area contributed by atoms with Gasteiger partial charge in [-0.15, -0.1) is 0 Å². The van der Waals surface area contributed by atoms with Crippen LogP contribution in [0.1, 0.15) is 38.1 Å². The molecule has 7 nitrogen and oxygen atoms in total. The lowest BCUT2D eigenvalue weighted by Crippen LogP contribution is -2.23. The van der Waals surface area contributed by atoms with E-state index in [-0.39, 0.29) is 16.3 Å². The lowest BCUT2D eigenvalue weighted by Gasteiger charge is -2.12. The van der Waals surface area contributed by atoms with Crippen LogP contribution in [0.3, 0.4) is 0 Å². The van der Waals surface area contributed by atoms with E-state index in [0.717, 1.165) is 17.3 Å². The molecule has 1 heterocycles. The Balaban J connectivity index is 1.98. The number of hydrogen-bond acceptors (Lipinski definition) is 5. The van der Waals surface area contributed by atoms with Crippen LogP contribution in [0, 0.1) is 0 Å².